The number of aliphatic carboxylic acids is 1. The molecule has 1 fully saturated rings. The summed E-state index contributed by atoms with van der Waals surface area (Å²) in [5.74, 6) is -0.511. The van der Waals surface area contributed by atoms with E-state index in [4.69, 9.17) is 0 Å². The summed E-state index contributed by atoms with van der Waals surface area (Å²) >= 11 is 0. The summed E-state index contributed by atoms with van der Waals surface area (Å²) in [6, 6.07) is 0. The summed E-state index contributed by atoms with van der Waals surface area (Å²) < 4.78 is 0. The fourth-order valence-corrected chi connectivity index (χ4v) is 2.80. The lowest BCUT2D eigenvalue weighted by Crippen LogP contribution is -2.43. The molecular formula is C17H31NO3. The van der Waals surface area contributed by atoms with Crippen LogP contribution in [0.15, 0.2) is 0 Å². The maximum atomic E-state index is 12.1. The molecule has 2 N–H and O–H groups in total. The van der Waals surface area contributed by atoms with Crippen LogP contribution in [0.1, 0.15) is 72.6 Å². The van der Waals surface area contributed by atoms with Crippen molar-refractivity contribution < 1.29 is 14.7 Å². The van der Waals surface area contributed by atoms with Gasteiger partial charge in [-0.3, -0.25) is 9.59 Å². The lowest BCUT2D eigenvalue weighted by Gasteiger charge is -2.30. The molecule has 21 heavy (non-hydrogen) atoms. The Labute approximate surface area is 128 Å². The number of rotatable bonds is 5. The van der Waals surface area contributed by atoms with Gasteiger partial charge in [0.05, 0.1) is 5.41 Å². The third kappa shape index (κ3) is 5.33. The van der Waals surface area contributed by atoms with Crippen LogP contribution in [0.25, 0.3) is 0 Å². The summed E-state index contributed by atoms with van der Waals surface area (Å²) in [4.78, 5) is 23.8. The van der Waals surface area contributed by atoms with Crippen molar-refractivity contribution in [3.8, 4) is 0 Å². The third-order valence-corrected chi connectivity index (χ3v) is 5.11. The molecule has 1 aliphatic carbocycles. The molecule has 1 unspecified atom stereocenters. The zero-order valence-electron chi connectivity index (χ0n) is 14.0. The largest absolute Gasteiger partial charge is 0.481 e. The number of carbonyl (C=O) groups is 2. The minimum absolute atomic E-state index is 0.0257. The van der Waals surface area contributed by atoms with Gasteiger partial charge in [-0.2, -0.15) is 0 Å². The highest BCUT2D eigenvalue weighted by Gasteiger charge is 2.39. The Morgan fingerprint density at radius 3 is 2.10 bits per heavy atom. The first-order valence-corrected chi connectivity index (χ1v) is 8.17. The van der Waals surface area contributed by atoms with E-state index in [1.165, 1.54) is 0 Å². The minimum Gasteiger partial charge on any atom is -0.481 e. The molecule has 1 atom stereocenters. The lowest BCUT2D eigenvalue weighted by molar-refractivity contribution is -0.149. The van der Waals surface area contributed by atoms with Crippen molar-refractivity contribution in [2.45, 2.75) is 72.6 Å². The van der Waals surface area contributed by atoms with Crippen molar-refractivity contribution in [3.63, 3.8) is 0 Å². The third-order valence-electron chi connectivity index (χ3n) is 5.11. The van der Waals surface area contributed by atoms with Crippen LogP contribution < -0.4 is 5.32 Å². The molecule has 4 heteroatoms. The average molecular weight is 297 g/mol. The topological polar surface area (TPSA) is 66.4 Å². The number of hydrogen-bond acceptors (Lipinski definition) is 2. The molecule has 0 bridgehead atoms. The van der Waals surface area contributed by atoms with Crippen LogP contribution >= 0.6 is 0 Å². The van der Waals surface area contributed by atoms with Gasteiger partial charge >= 0.3 is 5.97 Å². The first kappa shape index (κ1) is 18.0. The fraction of sp³-hybridized carbons (Fsp3) is 0.882. The Bertz CT molecular complexity index is 363. The van der Waals surface area contributed by atoms with Gasteiger partial charge in [0.15, 0.2) is 0 Å². The van der Waals surface area contributed by atoms with Crippen molar-refractivity contribution >= 4 is 11.9 Å². The van der Waals surface area contributed by atoms with Gasteiger partial charge in [-0.25, -0.2) is 0 Å². The predicted octanol–water partition coefficient (Wildman–Crippen LogP) is 3.60. The first-order valence-electron chi connectivity index (χ1n) is 8.17. The minimum atomic E-state index is -0.756. The zero-order chi connectivity index (χ0) is 16.1. The van der Waals surface area contributed by atoms with E-state index in [1.807, 2.05) is 0 Å². The normalized spacial score (nSPS) is 20.4. The molecule has 1 aliphatic rings. The number of carboxylic acids is 1. The van der Waals surface area contributed by atoms with E-state index in [-0.39, 0.29) is 23.8 Å². The van der Waals surface area contributed by atoms with E-state index in [1.54, 1.807) is 0 Å². The van der Waals surface area contributed by atoms with Crippen LogP contribution in [-0.4, -0.2) is 23.5 Å². The highest BCUT2D eigenvalue weighted by Crippen LogP contribution is 2.35. The maximum Gasteiger partial charge on any atom is 0.311 e. The van der Waals surface area contributed by atoms with Gasteiger partial charge in [0, 0.05) is 13.0 Å². The summed E-state index contributed by atoms with van der Waals surface area (Å²) in [5, 5.41) is 12.5. The number of carbonyl (C=O) groups excluding carboxylic acids is 1. The zero-order valence-corrected chi connectivity index (χ0v) is 14.0. The Kier molecular flexibility index (Phi) is 6.24. The molecule has 0 saturated heterocycles. The van der Waals surface area contributed by atoms with Gasteiger partial charge in [0.1, 0.15) is 0 Å². The molecular weight excluding hydrogens is 266 g/mol. The van der Waals surface area contributed by atoms with E-state index in [9.17, 15) is 14.7 Å². The average Bonchev–Trinajstić information content (AvgIpc) is 2.61. The molecule has 0 spiro atoms. The van der Waals surface area contributed by atoms with E-state index >= 15 is 0 Å². The predicted molar refractivity (Wildman–Crippen MR) is 84.0 cm³/mol. The summed E-state index contributed by atoms with van der Waals surface area (Å²) in [6.07, 6.45) is 5.91. The van der Waals surface area contributed by atoms with Crippen molar-refractivity contribution in [3.05, 3.63) is 0 Å². The summed E-state index contributed by atoms with van der Waals surface area (Å²) in [5.41, 5.74) is -0.665. The Morgan fingerprint density at radius 2 is 1.67 bits per heavy atom. The molecule has 4 nitrogen and oxygen atoms in total. The van der Waals surface area contributed by atoms with Crippen LogP contribution in [-0.2, 0) is 9.59 Å². The fourth-order valence-electron chi connectivity index (χ4n) is 2.80. The molecule has 1 saturated carbocycles. The van der Waals surface area contributed by atoms with Crippen molar-refractivity contribution in [1.82, 2.24) is 5.32 Å². The highest BCUT2D eigenvalue weighted by atomic mass is 16.4. The van der Waals surface area contributed by atoms with E-state index < -0.39 is 11.4 Å². The van der Waals surface area contributed by atoms with Crippen LogP contribution in [0.2, 0.25) is 0 Å². The first-order chi connectivity index (χ1) is 9.67. The Hall–Kier alpha value is -1.06. The van der Waals surface area contributed by atoms with Gasteiger partial charge in [0.2, 0.25) is 5.91 Å². The smallest absolute Gasteiger partial charge is 0.311 e. The van der Waals surface area contributed by atoms with Crippen molar-refractivity contribution in [1.29, 1.82) is 0 Å². The molecule has 0 aromatic heterocycles. The molecule has 1 rings (SSSR count). The quantitative estimate of drug-likeness (QED) is 0.762. The van der Waals surface area contributed by atoms with Gasteiger partial charge in [-0.1, -0.05) is 53.4 Å². The molecule has 1 amide bonds. The molecule has 0 heterocycles. The second-order valence-corrected chi connectivity index (χ2v) is 7.75. The Morgan fingerprint density at radius 1 is 1.14 bits per heavy atom. The highest BCUT2D eigenvalue weighted by molar-refractivity contribution is 5.79. The molecule has 0 radical (unpaired) electrons. The van der Waals surface area contributed by atoms with Crippen LogP contribution in [0, 0.1) is 16.7 Å². The Balaban J connectivity index is 2.57. The van der Waals surface area contributed by atoms with E-state index in [2.05, 4.69) is 33.0 Å². The molecule has 0 aromatic rings. The van der Waals surface area contributed by atoms with Crippen molar-refractivity contribution in [2.24, 2.45) is 16.7 Å². The van der Waals surface area contributed by atoms with Gasteiger partial charge in [-0.05, 0) is 24.2 Å². The summed E-state index contributed by atoms with van der Waals surface area (Å²) in [7, 11) is 0. The monoisotopic (exact) mass is 297 g/mol. The van der Waals surface area contributed by atoms with Crippen LogP contribution in [0.4, 0.5) is 0 Å². The van der Waals surface area contributed by atoms with E-state index in [0.29, 0.717) is 19.3 Å². The van der Waals surface area contributed by atoms with Crippen LogP contribution in [0.5, 0.6) is 0 Å². The molecule has 0 aliphatic heterocycles. The standard InChI is InChI=1S/C17H31NO3/c1-13(16(2,3)4)11-14(19)18-12-17(15(20)21)9-7-5-6-8-10-17/h13H,5-12H2,1-4H3,(H,18,19)(H,20,21). The van der Waals surface area contributed by atoms with Crippen molar-refractivity contribution in [2.75, 3.05) is 6.54 Å². The molecule has 122 valence electrons. The van der Waals surface area contributed by atoms with Gasteiger partial charge in [-0.15, -0.1) is 0 Å². The maximum absolute atomic E-state index is 12.1. The van der Waals surface area contributed by atoms with Crippen LogP contribution in [0.3, 0.4) is 0 Å². The van der Waals surface area contributed by atoms with E-state index in [0.717, 1.165) is 25.7 Å². The second kappa shape index (κ2) is 7.28. The second-order valence-electron chi connectivity index (χ2n) is 7.75. The van der Waals surface area contributed by atoms with Gasteiger partial charge in [0.25, 0.3) is 0 Å². The molecule has 0 aromatic carbocycles. The number of amides is 1. The SMILES string of the molecule is CC(CC(=O)NCC1(C(=O)O)CCCCCC1)C(C)(C)C. The number of hydrogen-bond donors (Lipinski definition) is 2. The lowest BCUT2D eigenvalue weighted by atomic mass is 9.79. The summed E-state index contributed by atoms with van der Waals surface area (Å²) in [6.45, 7) is 8.70. The number of carboxylic acid groups (broad SMARTS) is 1. The number of nitrogens with one attached hydrogen (secondary N) is 1. The van der Waals surface area contributed by atoms with Gasteiger partial charge < -0.3 is 10.4 Å².